The van der Waals surface area contributed by atoms with Crippen LogP contribution >= 0.6 is 7.82 Å². The Morgan fingerprint density at radius 2 is 0.931 bits per heavy atom. The van der Waals surface area contributed by atoms with Gasteiger partial charge in [0, 0.05) is 13.0 Å². The van der Waals surface area contributed by atoms with Gasteiger partial charge in [0.05, 0.1) is 26.4 Å². The molecule has 0 saturated heterocycles. The van der Waals surface area contributed by atoms with Gasteiger partial charge in [-0.05, 0) is 51.4 Å². The third-order valence-corrected chi connectivity index (χ3v) is 11.3. The summed E-state index contributed by atoms with van der Waals surface area (Å²) in [6.07, 6.45) is 49.6. The fraction of sp³-hybridized carbons (Fsp3) is 0.854. The number of esters is 1. The number of rotatable bonds is 46. The van der Waals surface area contributed by atoms with E-state index in [1.807, 2.05) is 0 Å². The number of hydrogen-bond donors (Lipinski definition) is 3. The number of allylic oxidation sites excluding steroid dienone is 6. The van der Waals surface area contributed by atoms with E-state index in [2.05, 4.69) is 50.3 Å². The quantitative estimate of drug-likeness (QED) is 0.0237. The third-order valence-electron chi connectivity index (χ3n) is 10.3. The van der Waals surface area contributed by atoms with E-state index in [-0.39, 0.29) is 25.6 Å². The molecule has 9 nitrogen and oxygen atoms in total. The normalized spacial score (nSPS) is 14.2. The van der Waals surface area contributed by atoms with Crippen LogP contribution in [-0.2, 0) is 27.9 Å². The largest absolute Gasteiger partial charge is 0.472 e. The van der Waals surface area contributed by atoms with E-state index in [1.54, 1.807) is 0 Å². The molecule has 0 fully saturated rings. The van der Waals surface area contributed by atoms with Crippen LogP contribution in [0.3, 0.4) is 0 Å². The van der Waals surface area contributed by atoms with Crippen molar-refractivity contribution in [1.29, 1.82) is 0 Å². The third kappa shape index (κ3) is 44.2. The number of phosphoric acid groups is 1. The first-order chi connectivity index (χ1) is 28.3. The summed E-state index contributed by atoms with van der Waals surface area (Å²) in [5.41, 5.74) is 0. The van der Waals surface area contributed by atoms with Gasteiger partial charge in [0.1, 0.15) is 12.2 Å². The second-order valence-electron chi connectivity index (χ2n) is 16.1. The van der Waals surface area contributed by atoms with Gasteiger partial charge in [-0.1, -0.05) is 198 Å². The standard InChI is InChI=1S/C48H91O9P/c1-3-5-7-9-11-13-15-17-19-20-21-22-23-24-25-26-27-28-30-32-34-36-38-40-48(51)57-47(45-56-58(52,53)55-43-46(50)42-49)44-54-41-39-37-35-33-31-29-18-16-14-12-10-8-6-4-2/h15,17,20-21,23-24,46-47,49-50H,3-14,16,18-19,22,25-45H2,1-2H3,(H,52,53)/b17-15-,21-20-,24-23-. The summed E-state index contributed by atoms with van der Waals surface area (Å²) < 4.78 is 33.4. The van der Waals surface area contributed by atoms with Gasteiger partial charge >= 0.3 is 13.8 Å². The Balaban J connectivity index is 4.10. The van der Waals surface area contributed by atoms with E-state index in [4.69, 9.17) is 23.6 Å². The highest BCUT2D eigenvalue weighted by atomic mass is 31.2. The van der Waals surface area contributed by atoms with Gasteiger partial charge in [-0.3, -0.25) is 13.8 Å². The molecule has 0 amide bonds. The zero-order valence-corrected chi connectivity index (χ0v) is 38.4. The molecule has 3 atom stereocenters. The monoisotopic (exact) mass is 843 g/mol. The van der Waals surface area contributed by atoms with Crippen LogP contribution in [0.5, 0.6) is 0 Å². The highest BCUT2D eigenvalue weighted by Gasteiger charge is 2.26. The van der Waals surface area contributed by atoms with Gasteiger partial charge in [0.25, 0.3) is 0 Å². The minimum absolute atomic E-state index is 0.0491. The molecule has 3 N–H and O–H groups in total. The summed E-state index contributed by atoms with van der Waals surface area (Å²) in [5, 5.41) is 18.4. The van der Waals surface area contributed by atoms with Crippen LogP contribution in [0.25, 0.3) is 0 Å². The molecule has 0 radical (unpaired) electrons. The topological polar surface area (TPSA) is 132 Å². The van der Waals surface area contributed by atoms with Gasteiger partial charge in [-0.2, -0.15) is 0 Å². The van der Waals surface area contributed by atoms with Crippen LogP contribution in [0.15, 0.2) is 36.5 Å². The Bertz CT molecular complexity index is 1000. The van der Waals surface area contributed by atoms with E-state index < -0.39 is 33.2 Å². The molecule has 58 heavy (non-hydrogen) atoms. The molecule has 3 unspecified atom stereocenters. The number of ether oxygens (including phenoxy) is 2. The predicted octanol–water partition coefficient (Wildman–Crippen LogP) is 13.6. The van der Waals surface area contributed by atoms with Gasteiger partial charge in [0.15, 0.2) is 0 Å². The van der Waals surface area contributed by atoms with E-state index in [1.165, 1.54) is 141 Å². The maximum absolute atomic E-state index is 12.7. The molecule has 0 aromatic carbocycles. The van der Waals surface area contributed by atoms with E-state index in [9.17, 15) is 19.4 Å². The second-order valence-corrected chi connectivity index (χ2v) is 17.6. The minimum atomic E-state index is -4.52. The molecule has 0 heterocycles. The Labute approximate surface area is 356 Å². The highest BCUT2D eigenvalue weighted by molar-refractivity contribution is 7.47. The number of aliphatic hydroxyl groups is 2. The van der Waals surface area contributed by atoms with Crippen molar-refractivity contribution >= 4 is 13.8 Å². The molecular formula is C48H91O9P. The molecule has 10 heteroatoms. The smallest absolute Gasteiger partial charge is 0.457 e. The van der Waals surface area contributed by atoms with Crippen molar-refractivity contribution in [2.24, 2.45) is 0 Å². The fourth-order valence-corrected chi connectivity index (χ4v) is 7.45. The molecule has 0 aliphatic rings. The molecule has 342 valence electrons. The zero-order valence-electron chi connectivity index (χ0n) is 37.5. The number of hydrogen-bond acceptors (Lipinski definition) is 8. The molecule has 0 aliphatic carbocycles. The number of carbonyl (C=O) groups excluding carboxylic acids is 1. The lowest BCUT2D eigenvalue weighted by atomic mass is 10.0. The van der Waals surface area contributed by atoms with Crippen molar-refractivity contribution in [2.75, 3.05) is 33.0 Å². The minimum Gasteiger partial charge on any atom is -0.457 e. The Hall–Kier alpha value is -1.32. The number of carbonyl (C=O) groups is 1. The van der Waals surface area contributed by atoms with Crippen molar-refractivity contribution < 1.29 is 43.0 Å². The van der Waals surface area contributed by atoms with E-state index >= 15 is 0 Å². The lowest BCUT2D eigenvalue weighted by molar-refractivity contribution is -0.154. The first-order valence-electron chi connectivity index (χ1n) is 24.0. The van der Waals surface area contributed by atoms with Crippen molar-refractivity contribution in [1.82, 2.24) is 0 Å². The van der Waals surface area contributed by atoms with Crippen LogP contribution < -0.4 is 0 Å². The van der Waals surface area contributed by atoms with Gasteiger partial charge < -0.3 is 24.6 Å². The summed E-state index contributed by atoms with van der Waals surface area (Å²) in [7, 11) is -4.52. The average Bonchev–Trinajstić information content (AvgIpc) is 3.21. The van der Waals surface area contributed by atoms with E-state index in [0.29, 0.717) is 6.61 Å². The molecule has 0 aliphatic heterocycles. The van der Waals surface area contributed by atoms with Crippen molar-refractivity contribution in [3.05, 3.63) is 36.5 Å². The number of phosphoric ester groups is 1. The summed E-state index contributed by atoms with van der Waals surface area (Å²) in [4.78, 5) is 22.6. The predicted molar refractivity (Wildman–Crippen MR) is 242 cm³/mol. The van der Waals surface area contributed by atoms with Gasteiger partial charge in [-0.15, -0.1) is 0 Å². The van der Waals surface area contributed by atoms with Crippen LogP contribution in [0.4, 0.5) is 0 Å². The molecule has 0 aromatic heterocycles. The Kier molecular flexibility index (Phi) is 44.2. The lowest BCUT2D eigenvalue weighted by Crippen LogP contribution is -2.29. The Morgan fingerprint density at radius 3 is 1.40 bits per heavy atom. The fourth-order valence-electron chi connectivity index (χ4n) is 6.66. The summed E-state index contributed by atoms with van der Waals surface area (Å²) in [6, 6.07) is 0. The number of unbranched alkanes of at least 4 members (excludes halogenated alkanes) is 26. The average molecular weight is 843 g/mol. The summed E-state index contributed by atoms with van der Waals surface area (Å²) >= 11 is 0. The van der Waals surface area contributed by atoms with Crippen LogP contribution in [-0.4, -0.2) is 66.3 Å². The zero-order chi connectivity index (χ0) is 42.5. The van der Waals surface area contributed by atoms with Crippen molar-refractivity contribution in [2.45, 2.75) is 232 Å². The maximum atomic E-state index is 12.7. The second kappa shape index (κ2) is 45.2. The first kappa shape index (κ1) is 56.7. The first-order valence-corrected chi connectivity index (χ1v) is 25.5. The van der Waals surface area contributed by atoms with E-state index in [0.717, 1.165) is 57.8 Å². The Morgan fingerprint density at radius 1 is 0.534 bits per heavy atom. The number of aliphatic hydroxyl groups excluding tert-OH is 2. The van der Waals surface area contributed by atoms with Crippen LogP contribution in [0.2, 0.25) is 0 Å². The van der Waals surface area contributed by atoms with Crippen LogP contribution in [0, 0.1) is 0 Å². The molecule has 0 aromatic rings. The van der Waals surface area contributed by atoms with Gasteiger partial charge in [-0.25, -0.2) is 4.57 Å². The molecule has 0 saturated carbocycles. The lowest BCUT2D eigenvalue weighted by Gasteiger charge is -2.20. The highest BCUT2D eigenvalue weighted by Crippen LogP contribution is 2.43. The molecular weight excluding hydrogens is 751 g/mol. The molecule has 0 spiro atoms. The maximum Gasteiger partial charge on any atom is 0.472 e. The van der Waals surface area contributed by atoms with Gasteiger partial charge in [0.2, 0.25) is 0 Å². The van der Waals surface area contributed by atoms with Crippen LogP contribution in [0.1, 0.15) is 219 Å². The SMILES string of the molecule is CCCCCCC/C=C\C/C=C\C/C=C\CCCCCCCCCCC(=O)OC(COCCCCCCCCCCCCCCCC)COP(=O)(O)OCC(O)CO. The summed E-state index contributed by atoms with van der Waals surface area (Å²) in [6.45, 7) is 3.53. The van der Waals surface area contributed by atoms with Crippen molar-refractivity contribution in [3.8, 4) is 0 Å². The van der Waals surface area contributed by atoms with Crippen molar-refractivity contribution in [3.63, 3.8) is 0 Å². The molecule has 0 bridgehead atoms. The summed E-state index contributed by atoms with van der Waals surface area (Å²) in [5.74, 6) is -0.387. The molecule has 0 rings (SSSR count).